The molecular weight excluding hydrogens is 250 g/mol. The molecular formula is C9H13NO8. The first kappa shape index (κ1) is 18.0. The molecule has 9 nitrogen and oxygen atoms in total. The van der Waals surface area contributed by atoms with Gasteiger partial charge < -0.3 is 26.2 Å². The lowest BCUT2D eigenvalue weighted by atomic mass is 10.2. The van der Waals surface area contributed by atoms with Gasteiger partial charge in [-0.1, -0.05) is 0 Å². The van der Waals surface area contributed by atoms with Gasteiger partial charge in [0.2, 0.25) is 0 Å². The second-order valence-electron chi connectivity index (χ2n) is 2.89. The van der Waals surface area contributed by atoms with Crippen molar-refractivity contribution in [2.24, 2.45) is 5.73 Å². The number of carbonyl (C=O) groups is 4. The first-order chi connectivity index (χ1) is 8.16. The molecule has 1 atom stereocenters. The summed E-state index contributed by atoms with van der Waals surface area (Å²) in [4.78, 5) is 39.0. The summed E-state index contributed by atoms with van der Waals surface area (Å²) in [5.74, 6) is -4.71. The third kappa shape index (κ3) is 16.0. The lowest BCUT2D eigenvalue weighted by molar-refractivity contribution is -0.140. The van der Waals surface area contributed by atoms with Crippen molar-refractivity contribution >= 4 is 23.9 Å². The van der Waals surface area contributed by atoms with Gasteiger partial charge in [-0.3, -0.25) is 9.59 Å². The topological polar surface area (TPSA) is 175 Å². The number of carboxylic acid groups (broad SMARTS) is 4. The molecule has 0 aromatic heterocycles. The van der Waals surface area contributed by atoms with E-state index in [2.05, 4.69) is 0 Å². The van der Waals surface area contributed by atoms with Crippen LogP contribution in [0.25, 0.3) is 0 Å². The molecule has 102 valence electrons. The molecule has 0 bridgehead atoms. The fourth-order valence-electron chi connectivity index (χ4n) is 0.545. The molecule has 0 heterocycles. The molecule has 0 radical (unpaired) electrons. The molecule has 6 N–H and O–H groups in total. The molecule has 0 spiro atoms. The maximum atomic E-state index is 9.99. The third-order valence-electron chi connectivity index (χ3n) is 1.35. The third-order valence-corrected chi connectivity index (χ3v) is 1.35. The van der Waals surface area contributed by atoms with E-state index < -0.39 is 29.9 Å². The summed E-state index contributed by atoms with van der Waals surface area (Å²) in [5.41, 5.74) is 5.00. The van der Waals surface area contributed by atoms with E-state index in [0.717, 1.165) is 0 Å². The van der Waals surface area contributed by atoms with E-state index in [4.69, 9.17) is 26.2 Å². The van der Waals surface area contributed by atoms with Crippen molar-refractivity contribution in [1.82, 2.24) is 0 Å². The number of rotatable bonds is 6. The van der Waals surface area contributed by atoms with Crippen LogP contribution in [-0.4, -0.2) is 50.3 Å². The van der Waals surface area contributed by atoms with Gasteiger partial charge in [-0.25, -0.2) is 9.59 Å². The van der Waals surface area contributed by atoms with Gasteiger partial charge in [0.15, 0.2) is 0 Å². The van der Waals surface area contributed by atoms with Gasteiger partial charge in [0.25, 0.3) is 0 Å². The highest BCUT2D eigenvalue weighted by atomic mass is 16.4. The summed E-state index contributed by atoms with van der Waals surface area (Å²) < 4.78 is 0. The van der Waals surface area contributed by atoms with E-state index in [0.29, 0.717) is 12.2 Å². The van der Waals surface area contributed by atoms with Crippen molar-refractivity contribution < 1.29 is 39.6 Å². The van der Waals surface area contributed by atoms with Crippen LogP contribution in [0.4, 0.5) is 0 Å². The van der Waals surface area contributed by atoms with Crippen LogP contribution in [0.3, 0.4) is 0 Å². The Balaban J connectivity index is 0. The molecule has 0 aromatic carbocycles. The van der Waals surface area contributed by atoms with Crippen molar-refractivity contribution in [3.05, 3.63) is 12.2 Å². The highest BCUT2D eigenvalue weighted by molar-refractivity contribution is 5.89. The van der Waals surface area contributed by atoms with Gasteiger partial charge in [-0.15, -0.1) is 0 Å². The fraction of sp³-hybridized carbons (Fsp3) is 0.333. The van der Waals surface area contributed by atoms with Gasteiger partial charge in [0, 0.05) is 18.6 Å². The monoisotopic (exact) mass is 263 g/mol. The molecule has 0 saturated carbocycles. The summed E-state index contributed by atoms with van der Waals surface area (Å²) >= 11 is 0. The Morgan fingerprint density at radius 3 is 1.56 bits per heavy atom. The molecule has 0 aliphatic carbocycles. The first-order valence-electron chi connectivity index (χ1n) is 4.51. The Hall–Kier alpha value is -2.42. The predicted octanol–water partition coefficient (Wildman–Crippen LogP) is -1.03. The number of hydrogen-bond donors (Lipinski definition) is 5. The van der Waals surface area contributed by atoms with Crippen LogP contribution < -0.4 is 5.73 Å². The molecule has 0 aromatic rings. The smallest absolute Gasteiger partial charge is 0.328 e. The van der Waals surface area contributed by atoms with Crippen LogP contribution in [0.5, 0.6) is 0 Å². The molecule has 18 heavy (non-hydrogen) atoms. The molecule has 0 fully saturated rings. The molecule has 0 amide bonds. The summed E-state index contributed by atoms with van der Waals surface area (Å²) in [6.07, 6.45) is 0.892. The first-order valence-corrected chi connectivity index (χ1v) is 4.51. The zero-order valence-electron chi connectivity index (χ0n) is 9.15. The maximum Gasteiger partial charge on any atom is 0.328 e. The molecule has 9 heteroatoms. The van der Waals surface area contributed by atoms with E-state index in [1.165, 1.54) is 0 Å². The lowest BCUT2D eigenvalue weighted by Gasteiger charge is -2.01. The summed E-state index contributed by atoms with van der Waals surface area (Å²) in [6.45, 7) is 0. The molecule has 0 aliphatic rings. The quantitative estimate of drug-likeness (QED) is 0.375. The zero-order valence-corrected chi connectivity index (χ0v) is 9.15. The Bertz CT molecular complexity index is 332. The molecule has 0 rings (SSSR count). The Labute approximate surface area is 101 Å². The normalized spacial score (nSPS) is 11.2. The fourth-order valence-corrected chi connectivity index (χ4v) is 0.545. The van der Waals surface area contributed by atoms with Crippen molar-refractivity contribution in [1.29, 1.82) is 0 Å². The van der Waals surface area contributed by atoms with Gasteiger partial charge in [0.1, 0.15) is 6.04 Å². The minimum absolute atomic E-state index is 0.0231. The Kier molecular flexibility index (Phi) is 9.76. The largest absolute Gasteiger partial charge is 0.481 e. The standard InChI is InChI=1S/C5H9NO4.C4H4O4/c6-3(5(9)10)1-2-4(7)8;5-3(6)1-2-4(7)8/h3H,1-2,6H2,(H,7,8)(H,9,10);1-2H,(H,5,6)(H,7,8)/b;2-1-/t3-;/m0./s1. The van der Waals surface area contributed by atoms with Gasteiger partial charge in [0.05, 0.1) is 0 Å². The van der Waals surface area contributed by atoms with Crippen LogP contribution in [-0.2, 0) is 19.2 Å². The van der Waals surface area contributed by atoms with Crippen molar-refractivity contribution in [3.63, 3.8) is 0 Å². The van der Waals surface area contributed by atoms with Crippen LogP contribution in [0.2, 0.25) is 0 Å². The van der Waals surface area contributed by atoms with Gasteiger partial charge in [-0.05, 0) is 6.42 Å². The van der Waals surface area contributed by atoms with Crippen LogP contribution in [0.1, 0.15) is 12.8 Å². The van der Waals surface area contributed by atoms with Crippen molar-refractivity contribution in [2.45, 2.75) is 18.9 Å². The summed E-state index contributed by atoms with van der Waals surface area (Å²) in [6, 6.07) is -1.06. The Morgan fingerprint density at radius 2 is 1.33 bits per heavy atom. The molecule has 0 saturated heterocycles. The predicted molar refractivity (Wildman–Crippen MR) is 56.9 cm³/mol. The number of nitrogens with two attached hydrogens (primary N) is 1. The van der Waals surface area contributed by atoms with Crippen LogP contribution in [0.15, 0.2) is 12.2 Å². The van der Waals surface area contributed by atoms with Crippen LogP contribution >= 0.6 is 0 Å². The summed E-state index contributed by atoms with van der Waals surface area (Å²) in [5, 5.41) is 31.9. The lowest BCUT2D eigenvalue weighted by Crippen LogP contribution is -2.30. The SMILES string of the molecule is N[C@@H](CCC(=O)O)C(=O)O.O=C(O)/C=C\C(=O)O. The highest BCUT2D eigenvalue weighted by Gasteiger charge is 2.12. The minimum atomic E-state index is -1.26. The highest BCUT2D eigenvalue weighted by Crippen LogP contribution is 1.93. The molecule has 0 unspecified atom stereocenters. The zero-order chi connectivity index (χ0) is 14.7. The van der Waals surface area contributed by atoms with E-state index >= 15 is 0 Å². The van der Waals surface area contributed by atoms with E-state index in [9.17, 15) is 19.2 Å². The van der Waals surface area contributed by atoms with Crippen LogP contribution in [0, 0.1) is 0 Å². The van der Waals surface area contributed by atoms with E-state index in [1.54, 1.807) is 0 Å². The minimum Gasteiger partial charge on any atom is -0.481 e. The second kappa shape index (κ2) is 9.78. The molecule has 0 aliphatic heterocycles. The average molecular weight is 263 g/mol. The van der Waals surface area contributed by atoms with Crippen molar-refractivity contribution in [2.75, 3.05) is 0 Å². The number of hydrogen-bond acceptors (Lipinski definition) is 5. The number of carboxylic acids is 4. The van der Waals surface area contributed by atoms with Crippen molar-refractivity contribution in [3.8, 4) is 0 Å². The summed E-state index contributed by atoms with van der Waals surface area (Å²) in [7, 11) is 0. The van der Waals surface area contributed by atoms with E-state index in [-0.39, 0.29) is 12.8 Å². The van der Waals surface area contributed by atoms with E-state index in [1.807, 2.05) is 0 Å². The number of aliphatic carboxylic acids is 4. The Morgan fingerprint density at radius 1 is 0.944 bits per heavy atom. The maximum absolute atomic E-state index is 9.99. The van der Waals surface area contributed by atoms with Gasteiger partial charge in [-0.2, -0.15) is 0 Å². The second-order valence-corrected chi connectivity index (χ2v) is 2.89. The average Bonchev–Trinajstić information content (AvgIpc) is 2.23. The van der Waals surface area contributed by atoms with Gasteiger partial charge >= 0.3 is 23.9 Å².